The summed E-state index contributed by atoms with van der Waals surface area (Å²) >= 11 is 0. The summed E-state index contributed by atoms with van der Waals surface area (Å²) in [5.41, 5.74) is 6.78. The van der Waals surface area contributed by atoms with E-state index in [1.54, 1.807) is 6.54 Å². The number of hydrogen-bond donors (Lipinski definition) is 0. The number of nitrogens with zero attached hydrogens (tertiary/aromatic N) is 1. The quantitative estimate of drug-likeness (QED) is 0.520. The first-order valence-corrected chi connectivity index (χ1v) is 3.09. The fraction of sp³-hybridized carbons (Fsp3) is 0.667. The van der Waals surface area contributed by atoms with Crippen LogP contribution in [-0.4, -0.2) is 31.2 Å². The zero-order valence-corrected chi connectivity index (χ0v) is 5.34. The second-order valence-electron chi connectivity index (χ2n) is 1.96. The molecule has 0 unspecified atom stereocenters. The standard InChI is InChI=1S/C6H11N2O/c7-1-2-8-3-5-9-6-4-8/h1-2,7H,3-6H2. The summed E-state index contributed by atoms with van der Waals surface area (Å²) in [7, 11) is 0. The predicted octanol–water partition coefficient (Wildman–Crippen LogP) is -0.0749. The topological polar surface area (TPSA) is 36.3 Å². The highest BCUT2D eigenvalue weighted by Gasteiger charge is 2.08. The molecule has 1 saturated heterocycles. The van der Waals surface area contributed by atoms with Crippen molar-refractivity contribution in [2.45, 2.75) is 0 Å². The van der Waals surface area contributed by atoms with Crippen molar-refractivity contribution in [2.75, 3.05) is 26.3 Å². The molecule has 9 heavy (non-hydrogen) atoms. The van der Waals surface area contributed by atoms with Gasteiger partial charge in [-0.15, -0.1) is 0 Å². The number of ether oxygens (including phenoxy) is 1. The van der Waals surface area contributed by atoms with Crippen molar-refractivity contribution in [3.05, 3.63) is 13.1 Å². The van der Waals surface area contributed by atoms with Gasteiger partial charge in [0.15, 0.2) is 0 Å². The lowest BCUT2D eigenvalue weighted by atomic mass is 10.4. The minimum atomic E-state index is 0.796. The van der Waals surface area contributed by atoms with E-state index in [-0.39, 0.29) is 0 Å². The van der Waals surface area contributed by atoms with Gasteiger partial charge >= 0.3 is 0 Å². The molecule has 1 N–H and O–H groups in total. The summed E-state index contributed by atoms with van der Waals surface area (Å²) in [6.45, 7) is 6.54. The van der Waals surface area contributed by atoms with Crippen LogP contribution >= 0.6 is 0 Å². The van der Waals surface area contributed by atoms with Crippen LogP contribution in [0.5, 0.6) is 0 Å². The SMILES string of the molecule is [NH][CH][CH]N1CCOCC1. The van der Waals surface area contributed by atoms with Gasteiger partial charge in [0, 0.05) is 19.6 Å². The maximum Gasteiger partial charge on any atom is 0.0594 e. The number of morpholine rings is 1. The van der Waals surface area contributed by atoms with Crippen molar-refractivity contribution in [1.82, 2.24) is 10.6 Å². The lowest BCUT2D eigenvalue weighted by Gasteiger charge is -2.24. The zero-order chi connectivity index (χ0) is 6.53. The summed E-state index contributed by atoms with van der Waals surface area (Å²) in [5.74, 6) is 0. The molecular formula is C6H11N2O. The first-order chi connectivity index (χ1) is 4.43. The Hall–Kier alpha value is -0.120. The Kier molecular flexibility index (Phi) is 2.97. The molecule has 0 aliphatic carbocycles. The highest BCUT2D eigenvalue weighted by molar-refractivity contribution is 4.79. The molecule has 1 aliphatic rings. The molecule has 1 heterocycles. The van der Waals surface area contributed by atoms with E-state index in [1.165, 1.54) is 6.54 Å². The van der Waals surface area contributed by atoms with E-state index in [9.17, 15) is 0 Å². The number of rotatable bonds is 2. The van der Waals surface area contributed by atoms with Crippen LogP contribution in [0.2, 0.25) is 0 Å². The van der Waals surface area contributed by atoms with E-state index in [0.29, 0.717) is 0 Å². The van der Waals surface area contributed by atoms with Crippen LogP contribution in [0.3, 0.4) is 0 Å². The molecule has 1 rings (SSSR count). The first kappa shape index (κ1) is 6.99. The Morgan fingerprint density at radius 2 is 2.00 bits per heavy atom. The summed E-state index contributed by atoms with van der Waals surface area (Å²) in [4.78, 5) is 2.08. The van der Waals surface area contributed by atoms with Crippen molar-refractivity contribution < 1.29 is 4.74 Å². The minimum Gasteiger partial charge on any atom is -0.379 e. The predicted molar refractivity (Wildman–Crippen MR) is 34.1 cm³/mol. The van der Waals surface area contributed by atoms with Gasteiger partial charge in [-0.1, -0.05) is 0 Å². The lowest BCUT2D eigenvalue weighted by molar-refractivity contribution is 0.0525. The molecule has 51 valence electrons. The lowest BCUT2D eigenvalue weighted by Crippen LogP contribution is -2.34. The summed E-state index contributed by atoms with van der Waals surface area (Å²) < 4.78 is 5.11. The molecule has 0 saturated carbocycles. The van der Waals surface area contributed by atoms with E-state index in [1.807, 2.05) is 0 Å². The van der Waals surface area contributed by atoms with E-state index >= 15 is 0 Å². The summed E-state index contributed by atoms with van der Waals surface area (Å²) in [6, 6.07) is 0. The van der Waals surface area contributed by atoms with E-state index in [2.05, 4.69) is 4.90 Å². The fourth-order valence-corrected chi connectivity index (χ4v) is 0.832. The van der Waals surface area contributed by atoms with Crippen LogP contribution in [0.4, 0.5) is 0 Å². The monoisotopic (exact) mass is 127 g/mol. The van der Waals surface area contributed by atoms with Crippen LogP contribution in [0.15, 0.2) is 0 Å². The van der Waals surface area contributed by atoms with Crippen LogP contribution in [0.1, 0.15) is 0 Å². The van der Waals surface area contributed by atoms with Gasteiger partial charge in [-0.3, -0.25) is 10.6 Å². The second-order valence-corrected chi connectivity index (χ2v) is 1.96. The van der Waals surface area contributed by atoms with Crippen LogP contribution in [-0.2, 0) is 4.74 Å². The van der Waals surface area contributed by atoms with Crippen molar-refractivity contribution in [1.29, 1.82) is 0 Å². The Bertz CT molecular complexity index is 68.7. The van der Waals surface area contributed by atoms with E-state index in [4.69, 9.17) is 10.5 Å². The average molecular weight is 127 g/mol. The Labute approximate surface area is 55.8 Å². The van der Waals surface area contributed by atoms with E-state index < -0.39 is 0 Å². The minimum absolute atomic E-state index is 0.796. The third-order valence-electron chi connectivity index (χ3n) is 1.33. The second kappa shape index (κ2) is 3.82. The molecular weight excluding hydrogens is 116 g/mol. The highest BCUT2D eigenvalue weighted by atomic mass is 16.5. The van der Waals surface area contributed by atoms with Gasteiger partial charge in [-0.25, -0.2) is 0 Å². The highest BCUT2D eigenvalue weighted by Crippen LogP contribution is 1.98. The number of hydrogen-bond acceptors (Lipinski definition) is 2. The van der Waals surface area contributed by atoms with Crippen molar-refractivity contribution in [2.24, 2.45) is 0 Å². The third kappa shape index (κ3) is 2.30. The molecule has 0 spiro atoms. The van der Waals surface area contributed by atoms with Gasteiger partial charge in [0.05, 0.1) is 19.8 Å². The molecule has 0 aromatic heterocycles. The molecule has 3 heteroatoms. The maximum atomic E-state index is 6.78. The van der Waals surface area contributed by atoms with Crippen molar-refractivity contribution in [3.63, 3.8) is 0 Å². The average Bonchev–Trinajstić information content (AvgIpc) is 1.91. The largest absolute Gasteiger partial charge is 0.379 e. The normalized spacial score (nSPS) is 22.3. The molecule has 0 bridgehead atoms. The summed E-state index contributed by atoms with van der Waals surface area (Å²) in [6.07, 6.45) is 0. The van der Waals surface area contributed by atoms with Gasteiger partial charge in [0.25, 0.3) is 0 Å². The smallest absolute Gasteiger partial charge is 0.0594 e. The molecule has 1 fully saturated rings. The van der Waals surface area contributed by atoms with Crippen LogP contribution in [0.25, 0.3) is 0 Å². The van der Waals surface area contributed by atoms with Gasteiger partial charge in [0.1, 0.15) is 0 Å². The fourth-order valence-electron chi connectivity index (χ4n) is 0.832. The van der Waals surface area contributed by atoms with Crippen molar-refractivity contribution in [3.8, 4) is 0 Å². The van der Waals surface area contributed by atoms with Crippen LogP contribution < -0.4 is 5.73 Å². The van der Waals surface area contributed by atoms with Gasteiger partial charge < -0.3 is 4.74 Å². The Morgan fingerprint density at radius 3 is 2.56 bits per heavy atom. The van der Waals surface area contributed by atoms with Gasteiger partial charge in [0.2, 0.25) is 0 Å². The molecule has 3 nitrogen and oxygen atoms in total. The maximum absolute atomic E-state index is 6.78. The molecule has 0 aromatic rings. The molecule has 3 radical (unpaired) electrons. The third-order valence-corrected chi connectivity index (χ3v) is 1.33. The van der Waals surface area contributed by atoms with E-state index in [0.717, 1.165) is 26.3 Å². The van der Waals surface area contributed by atoms with Crippen LogP contribution in [0, 0.1) is 13.1 Å². The summed E-state index contributed by atoms with van der Waals surface area (Å²) in [5, 5.41) is 0. The molecule has 0 amide bonds. The number of nitrogens with one attached hydrogen (secondary N) is 1. The van der Waals surface area contributed by atoms with Crippen molar-refractivity contribution >= 4 is 0 Å². The Balaban J connectivity index is 2.08. The first-order valence-electron chi connectivity index (χ1n) is 3.09. The molecule has 0 aromatic carbocycles. The molecule has 1 aliphatic heterocycles. The van der Waals surface area contributed by atoms with Gasteiger partial charge in [-0.05, 0) is 0 Å². The molecule has 0 atom stereocenters. The van der Waals surface area contributed by atoms with Gasteiger partial charge in [-0.2, -0.15) is 0 Å². The Morgan fingerprint density at radius 1 is 1.33 bits per heavy atom. The zero-order valence-electron chi connectivity index (χ0n) is 5.34.